The first-order valence-electron chi connectivity index (χ1n) is 4.82. The molecule has 70 valence electrons. The van der Waals surface area contributed by atoms with Gasteiger partial charge in [0, 0.05) is 0 Å². The monoisotopic (exact) mass is 195 g/mol. The highest BCUT2D eigenvalue weighted by atomic mass is 35.5. The molecule has 0 atom stereocenters. The first-order valence-corrected chi connectivity index (χ1v) is 5.20. The third-order valence-corrected chi connectivity index (χ3v) is 3.18. The van der Waals surface area contributed by atoms with Crippen molar-refractivity contribution in [2.24, 2.45) is 0 Å². The van der Waals surface area contributed by atoms with Crippen molar-refractivity contribution >= 4 is 17.3 Å². The lowest BCUT2D eigenvalue weighted by atomic mass is 9.98. The first kappa shape index (κ1) is 8.89. The average molecular weight is 196 g/mol. The Morgan fingerprint density at radius 3 is 2.54 bits per heavy atom. The molecule has 1 aliphatic carbocycles. The minimum atomic E-state index is 0.684. The number of benzene rings is 1. The van der Waals surface area contributed by atoms with Crippen molar-refractivity contribution in [2.45, 2.75) is 31.6 Å². The molecule has 1 aromatic carbocycles. The lowest BCUT2D eigenvalue weighted by Gasteiger charge is -2.10. The zero-order valence-electron chi connectivity index (χ0n) is 7.59. The Kier molecular flexibility index (Phi) is 2.45. The minimum absolute atomic E-state index is 0.684. The van der Waals surface area contributed by atoms with Gasteiger partial charge in [0.1, 0.15) is 0 Å². The van der Waals surface area contributed by atoms with Crippen LogP contribution in [0.5, 0.6) is 0 Å². The molecule has 1 nitrogen and oxygen atoms in total. The number of hydrogen-bond donors (Lipinski definition) is 1. The summed E-state index contributed by atoms with van der Waals surface area (Å²) >= 11 is 5.97. The quantitative estimate of drug-likeness (QED) is 0.682. The summed E-state index contributed by atoms with van der Waals surface area (Å²) < 4.78 is 0. The van der Waals surface area contributed by atoms with Crippen molar-refractivity contribution < 1.29 is 0 Å². The van der Waals surface area contributed by atoms with Crippen molar-refractivity contribution in [3.05, 3.63) is 28.8 Å². The molecule has 0 saturated heterocycles. The number of hydrogen-bond acceptors (Lipinski definition) is 1. The van der Waals surface area contributed by atoms with Gasteiger partial charge in [-0.05, 0) is 36.5 Å². The normalized spacial score (nSPS) is 17.9. The van der Waals surface area contributed by atoms with Gasteiger partial charge in [-0.1, -0.05) is 30.5 Å². The van der Waals surface area contributed by atoms with Crippen molar-refractivity contribution in [2.75, 3.05) is 5.73 Å². The standard InChI is InChI=1S/C11H14ClN/c12-10-7-9(5-6-11(10)13)8-3-1-2-4-8/h5-8H,1-4,13H2. The lowest BCUT2D eigenvalue weighted by Crippen LogP contribution is -1.93. The van der Waals surface area contributed by atoms with Gasteiger partial charge in [0.05, 0.1) is 10.7 Å². The highest BCUT2D eigenvalue weighted by Crippen LogP contribution is 2.35. The van der Waals surface area contributed by atoms with E-state index in [2.05, 4.69) is 6.07 Å². The van der Waals surface area contributed by atoms with Gasteiger partial charge in [-0.2, -0.15) is 0 Å². The summed E-state index contributed by atoms with van der Waals surface area (Å²) in [7, 11) is 0. The topological polar surface area (TPSA) is 26.0 Å². The van der Waals surface area contributed by atoms with E-state index in [1.807, 2.05) is 12.1 Å². The van der Waals surface area contributed by atoms with Gasteiger partial charge in [-0.3, -0.25) is 0 Å². The Morgan fingerprint density at radius 2 is 1.92 bits per heavy atom. The van der Waals surface area contributed by atoms with Crippen molar-refractivity contribution in [1.29, 1.82) is 0 Å². The number of rotatable bonds is 1. The van der Waals surface area contributed by atoms with Crippen LogP contribution in [0.25, 0.3) is 0 Å². The van der Waals surface area contributed by atoms with Crippen LogP contribution in [0.4, 0.5) is 5.69 Å². The zero-order valence-corrected chi connectivity index (χ0v) is 8.35. The maximum atomic E-state index is 5.97. The fourth-order valence-corrected chi connectivity index (χ4v) is 2.25. The second kappa shape index (κ2) is 3.59. The Hall–Kier alpha value is -0.690. The van der Waals surface area contributed by atoms with E-state index in [1.54, 1.807) is 0 Å². The van der Waals surface area contributed by atoms with E-state index in [-0.39, 0.29) is 0 Å². The van der Waals surface area contributed by atoms with Crippen LogP contribution < -0.4 is 5.73 Å². The van der Waals surface area contributed by atoms with E-state index in [4.69, 9.17) is 17.3 Å². The van der Waals surface area contributed by atoms with Crippen LogP contribution in [-0.2, 0) is 0 Å². The molecule has 0 aromatic heterocycles. The van der Waals surface area contributed by atoms with E-state index in [1.165, 1.54) is 31.2 Å². The second-order valence-corrected chi connectivity index (χ2v) is 4.17. The van der Waals surface area contributed by atoms with Gasteiger partial charge in [-0.15, -0.1) is 0 Å². The number of nitrogen functional groups attached to an aromatic ring is 1. The molecule has 2 heteroatoms. The van der Waals surface area contributed by atoms with Gasteiger partial charge in [-0.25, -0.2) is 0 Å². The first-order chi connectivity index (χ1) is 6.27. The van der Waals surface area contributed by atoms with Crippen LogP contribution >= 0.6 is 11.6 Å². The Morgan fingerprint density at radius 1 is 1.23 bits per heavy atom. The maximum Gasteiger partial charge on any atom is 0.0638 e. The molecule has 2 N–H and O–H groups in total. The van der Waals surface area contributed by atoms with Gasteiger partial charge in [0.2, 0.25) is 0 Å². The van der Waals surface area contributed by atoms with Gasteiger partial charge < -0.3 is 5.73 Å². The molecular weight excluding hydrogens is 182 g/mol. The van der Waals surface area contributed by atoms with Crippen LogP contribution in [0.15, 0.2) is 18.2 Å². The summed E-state index contributed by atoms with van der Waals surface area (Å²) in [5, 5.41) is 0.699. The van der Waals surface area contributed by atoms with E-state index in [9.17, 15) is 0 Å². The fourth-order valence-electron chi connectivity index (χ4n) is 2.06. The van der Waals surface area contributed by atoms with Gasteiger partial charge in [0.15, 0.2) is 0 Å². The highest BCUT2D eigenvalue weighted by Gasteiger charge is 2.17. The summed E-state index contributed by atoms with van der Waals surface area (Å²) in [6.07, 6.45) is 5.32. The predicted octanol–water partition coefficient (Wildman–Crippen LogP) is 3.58. The highest BCUT2D eigenvalue weighted by molar-refractivity contribution is 6.33. The summed E-state index contributed by atoms with van der Waals surface area (Å²) in [4.78, 5) is 0. The zero-order chi connectivity index (χ0) is 9.26. The van der Waals surface area contributed by atoms with E-state index in [0.29, 0.717) is 10.7 Å². The Labute approximate surface area is 83.9 Å². The molecule has 0 radical (unpaired) electrons. The molecule has 0 aliphatic heterocycles. The number of halogens is 1. The van der Waals surface area contributed by atoms with Gasteiger partial charge in [0.25, 0.3) is 0 Å². The fraction of sp³-hybridized carbons (Fsp3) is 0.455. The van der Waals surface area contributed by atoms with Crippen molar-refractivity contribution in [3.63, 3.8) is 0 Å². The van der Waals surface area contributed by atoms with E-state index in [0.717, 1.165) is 5.92 Å². The molecule has 1 saturated carbocycles. The molecular formula is C11H14ClN. The van der Waals surface area contributed by atoms with E-state index >= 15 is 0 Å². The molecule has 13 heavy (non-hydrogen) atoms. The van der Waals surface area contributed by atoms with Crippen LogP contribution in [0.2, 0.25) is 5.02 Å². The molecule has 1 fully saturated rings. The predicted molar refractivity (Wildman–Crippen MR) is 57.1 cm³/mol. The summed E-state index contributed by atoms with van der Waals surface area (Å²) in [5.74, 6) is 0.720. The average Bonchev–Trinajstić information content (AvgIpc) is 2.62. The van der Waals surface area contributed by atoms with Crippen molar-refractivity contribution in [3.8, 4) is 0 Å². The smallest absolute Gasteiger partial charge is 0.0638 e. The van der Waals surface area contributed by atoms with Crippen LogP contribution in [0.3, 0.4) is 0 Å². The van der Waals surface area contributed by atoms with Crippen molar-refractivity contribution in [1.82, 2.24) is 0 Å². The maximum absolute atomic E-state index is 5.97. The molecule has 1 aliphatic rings. The Bertz CT molecular complexity index is 303. The summed E-state index contributed by atoms with van der Waals surface area (Å²) in [5.41, 5.74) is 7.70. The van der Waals surface area contributed by atoms with Crippen LogP contribution in [-0.4, -0.2) is 0 Å². The third-order valence-electron chi connectivity index (χ3n) is 2.85. The van der Waals surface area contributed by atoms with Gasteiger partial charge >= 0.3 is 0 Å². The second-order valence-electron chi connectivity index (χ2n) is 3.76. The lowest BCUT2D eigenvalue weighted by molar-refractivity contribution is 0.723. The largest absolute Gasteiger partial charge is 0.398 e. The molecule has 0 bridgehead atoms. The van der Waals surface area contributed by atoms with Crippen LogP contribution in [0.1, 0.15) is 37.2 Å². The van der Waals surface area contributed by atoms with E-state index < -0.39 is 0 Å². The number of nitrogens with two attached hydrogens (primary N) is 1. The molecule has 0 spiro atoms. The minimum Gasteiger partial charge on any atom is -0.398 e. The number of anilines is 1. The molecule has 2 rings (SSSR count). The molecule has 0 unspecified atom stereocenters. The SMILES string of the molecule is Nc1ccc(C2CCCC2)cc1Cl. The molecule has 0 amide bonds. The molecule has 1 aromatic rings. The van der Waals surface area contributed by atoms with Crippen LogP contribution in [0, 0.1) is 0 Å². The Balaban J connectivity index is 2.25. The third kappa shape index (κ3) is 1.80. The summed E-state index contributed by atoms with van der Waals surface area (Å²) in [6, 6.07) is 6.04. The molecule has 0 heterocycles. The summed E-state index contributed by atoms with van der Waals surface area (Å²) in [6.45, 7) is 0.